The molecule has 3 aromatic carbocycles. The molecule has 0 spiro atoms. The molecule has 1 fully saturated rings. The van der Waals surface area contributed by atoms with Gasteiger partial charge in [0.1, 0.15) is 23.4 Å². The number of imide groups is 1. The van der Waals surface area contributed by atoms with Gasteiger partial charge in [-0.05, 0) is 81.8 Å². The Bertz CT molecular complexity index is 2270. The van der Waals surface area contributed by atoms with E-state index in [4.69, 9.17) is 9.72 Å². The quantitative estimate of drug-likeness (QED) is 0.0479. The SMILES string of the molecule is C=C(C)[C@@H](C[C@H](c1nc(C(=O)N[C@@H](Cc2ccccc2)C[C@H](C)C(=O)OCc2ccccc2)cs1)N1C(=O)c2ccccc2C1=O)NC(=O)[C@@H](NC(=O)[C@H]1CCCCN1C)[C@@H](C)CC. The summed E-state index contributed by atoms with van der Waals surface area (Å²) in [5, 5.41) is 11.1. The molecule has 6 rings (SSSR count). The number of carbonyl (C=O) groups excluding carboxylic acids is 6. The van der Waals surface area contributed by atoms with Gasteiger partial charge in [0, 0.05) is 11.4 Å². The van der Waals surface area contributed by atoms with Crippen LogP contribution < -0.4 is 16.0 Å². The largest absolute Gasteiger partial charge is 0.461 e. The number of nitrogens with zero attached hydrogens (tertiary/aromatic N) is 3. The number of likely N-dealkylation sites (tertiary alicyclic amines) is 1. The molecule has 7 atom stereocenters. The van der Waals surface area contributed by atoms with Crippen molar-refractivity contribution in [3.8, 4) is 0 Å². The zero-order valence-electron chi connectivity index (χ0n) is 37.4. The highest BCUT2D eigenvalue weighted by Crippen LogP contribution is 2.36. The second-order valence-corrected chi connectivity index (χ2v) is 18.1. The van der Waals surface area contributed by atoms with E-state index < -0.39 is 53.7 Å². The Balaban J connectivity index is 1.24. The summed E-state index contributed by atoms with van der Waals surface area (Å²) >= 11 is 1.13. The molecule has 0 saturated carbocycles. The molecule has 14 heteroatoms. The highest BCUT2D eigenvalue weighted by molar-refractivity contribution is 7.10. The van der Waals surface area contributed by atoms with E-state index in [9.17, 15) is 28.8 Å². The van der Waals surface area contributed by atoms with Crippen molar-refractivity contribution in [2.24, 2.45) is 11.8 Å². The number of likely N-dealkylation sites (N-methyl/N-ethyl adjacent to an activating group) is 1. The Morgan fingerprint density at radius 3 is 2.09 bits per heavy atom. The number of nitrogens with one attached hydrogen (secondary N) is 3. The Kier molecular flexibility index (Phi) is 16.4. The number of aromatic nitrogens is 1. The first-order valence-corrected chi connectivity index (χ1v) is 23.1. The van der Waals surface area contributed by atoms with Gasteiger partial charge >= 0.3 is 5.97 Å². The highest BCUT2D eigenvalue weighted by atomic mass is 32.1. The Morgan fingerprint density at radius 2 is 1.48 bits per heavy atom. The van der Waals surface area contributed by atoms with E-state index in [1.165, 1.54) is 0 Å². The van der Waals surface area contributed by atoms with Crippen LogP contribution in [-0.2, 0) is 32.1 Å². The highest BCUT2D eigenvalue weighted by Gasteiger charge is 2.43. The molecule has 338 valence electrons. The predicted molar refractivity (Wildman–Crippen MR) is 246 cm³/mol. The third kappa shape index (κ3) is 11.8. The minimum Gasteiger partial charge on any atom is -0.461 e. The number of piperidine rings is 1. The fraction of sp³-hybridized carbons (Fsp3) is 0.420. The van der Waals surface area contributed by atoms with Crippen molar-refractivity contribution >= 4 is 46.8 Å². The van der Waals surface area contributed by atoms with Crippen LogP contribution in [0.1, 0.15) is 120 Å². The van der Waals surface area contributed by atoms with Gasteiger partial charge in [-0.25, -0.2) is 4.98 Å². The third-order valence-electron chi connectivity index (χ3n) is 12.3. The van der Waals surface area contributed by atoms with Crippen LogP contribution in [0.2, 0.25) is 0 Å². The molecule has 1 saturated heterocycles. The topological polar surface area (TPSA) is 167 Å². The number of carbonyl (C=O) groups is 6. The van der Waals surface area contributed by atoms with Crippen LogP contribution >= 0.6 is 11.3 Å². The lowest BCUT2D eigenvalue weighted by atomic mass is 9.94. The first-order chi connectivity index (χ1) is 30.7. The lowest BCUT2D eigenvalue weighted by molar-refractivity contribution is -0.149. The molecule has 0 radical (unpaired) electrons. The van der Waals surface area contributed by atoms with Crippen LogP contribution in [0.3, 0.4) is 0 Å². The third-order valence-corrected chi connectivity index (χ3v) is 13.3. The zero-order chi connectivity index (χ0) is 45.9. The molecular weight excluding hydrogens is 829 g/mol. The molecule has 13 nitrogen and oxygen atoms in total. The smallest absolute Gasteiger partial charge is 0.309 e. The monoisotopic (exact) mass is 888 g/mol. The van der Waals surface area contributed by atoms with E-state index in [1.807, 2.05) is 86.5 Å². The second-order valence-electron chi connectivity index (χ2n) is 17.2. The minimum absolute atomic E-state index is 0.00683. The summed E-state index contributed by atoms with van der Waals surface area (Å²) in [6.45, 7) is 12.5. The summed E-state index contributed by atoms with van der Waals surface area (Å²) in [5.41, 5.74) is 2.96. The minimum atomic E-state index is -1.01. The van der Waals surface area contributed by atoms with E-state index in [-0.39, 0.29) is 53.7 Å². The maximum atomic E-state index is 14.2. The number of thiazole rings is 1. The van der Waals surface area contributed by atoms with Crippen LogP contribution in [0.5, 0.6) is 0 Å². The van der Waals surface area contributed by atoms with E-state index in [2.05, 4.69) is 22.5 Å². The maximum Gasteiger partial charge on any atom is 0.309 e. The molecular formula is C50H60N6O7S. The van der Waals surface area contributed by atoms with Crippen LogP contribution in [0.25, 0.3) is 0 Å². The van der Waals surface area contributed by atoms with Gasteiger partial charge in [0.2, 0.25) is 11.8 Å². The summed E-state index contributed by atoms with van der Waals surface area (Å²) in [6, 6.07) is 22.2. The first kappa shape index (κ1) is 47.5. The fourth-order valence-electron chi connectivity index (χ4n) is 8.32. The lowest BCUT2D eigenvalue weighted by Gasteiger charge is -2.34. The lowest BCUT2D eigenvalue weighted by Crippen LogP contribution is -2.57. The van der Waals surface area contributed by atoms with Crippen LogP contribution in [0.4, 0.5) is 0 Å². The molecule has 0 aliphatic carbocycles. The zero-order valence-corrected chi connectivity index (χ0v) is 38.2. The van der Waals surface area contributed by atoms with E-state index in [0.717, 1.165) is 46.7 Å². The van der Waals surface area contributed by atoms with Crippen LogP contribution in [0, 0.1) is 11.8 Å². The molecule has 0 unspecified atom stereocenters. The molecule has 2 aliphatic rings. The Labute approximate surface area is 380 Å². The van der Waals surface area contributed by atoms with Crippen molar-refractivity contribution in [1.82, 2.24) is 30.7 Å². The fourth-order valence-corrected chi connectivity index (χ4v) is 9.23. The van der Waals surface area contributed by atoms with Crippen molar-refractivity contribution in [1.29, 1.82) is 0 Å². The van der Waals surface area contributed by atoms with Crippen LogP contribution in [0.15, 0.2) is 102 Å². The van der Waals surface area contributed by atoms with Crippen molar-refractivity contribution in [3.05, 3.63) is 135 Å². The summed E-state index contributed by atoms with van der Waals surface area (Å²) in [6.07, 6.45) is 4.01. The average Bonchev–Trinajstić information content (AvgIpc) is 3.89. The number of hydrogen-bond acceptors (Lipinski definition) is 10. The number of amides is 5. The molecule has 1 aromatic heterocycles. The van der Waals surface area contributed by atoms with Gasteiger partial charge in [-0.3, -0.25) is 38.6 Å². The van der Waals surface area contributed by atoms with E-state index in [0.29, 0.717) is 36.3 Å². The molecule has 5 amide bonds. The van der Waals surface area contributed by atoms with Crippen LogP contribution in [-0.4, -0.2) is 88.0 Å². The normalized spacial score (nSPS) is 17.9. The van der Waals surface area contributed by atoms with Crippen molar-refractivity contribution in [3.63, 3.8) is 0 Å². The molecule has 2 aliphatic heterocycles. The molecule has 3 heterocycles. The molecule has 3 N–H and O–H groups in total. The van der Waals surface area contributed by atoms with Gasteiger partial charge in [0.25, 0.3) is 17.7 Å². The van der Waals surface area contributed by atoms with Gasteiger partial charge in [0.05, 0.1) is 35.2 Å². The standard InChI is InChI=1S/C50H60N6O7S/c1-7-32(4)43(54-45(58)41-24-16-17-25-55(41)6)46(59)52-39(31(2)3)28-42(56-48(60)37-22-14-15-23-38(37)49(56)61)47-53-40(30-64-47)44(57)51-36(27-34-18-10-8-11-19-34)26-33(5)50(62)63-29-35-20-12-9-13-21-35/h8-15,18-23,30,32-33,36,39,41-43H,2,7,16-17,24-29H2,1,3-6H3,(H,51,57)(H,52,59)(H,54,58)/t32-,33-,36+,39+,41+,42+,43-/m0/s1. The average molecular weight is 889 g/mol. The van der Waals surface area contributed by atoms with Gasteiger partial charge in [0.15, 0.2) is 0 Å². The number of rotatable bonds is 20. The number of ether oxygens (including phenoxy) is 1. The first-order valence-electron chi connectivity index (χ1n) is 22.2. The van der Waals surface area contributed by atoms with Gasteiger partial charge in [-0.2, -0.15) is 0 Å². The van der Waals surface area contributed by atoms with E-state index in [1.54, 1.807) is 43.5 Å². The summed E-state index contributed by atoms with van der Waals surface area (Å²) in [4.78, 5) is 91.1. The number of benzene rings is 3. The van der Waals surface area contributed by atoms with Crippen molar-refractivity contribution in [2.75, 3.05) is 13.6 Å². The van der Waals surface area contributed by atoms with Gasteiger partial charge in [-0.15, -0.1) is 11.3 Å². The number of esters is 1. The van der Waals surface area contributed by atoms with E-state index >= 15 is 0 Å². The predicted octanol–water partition coefficient (Wildman–Crippen LogP) is 7.06. The van der Waals surface area contributed by atoms with Gasteiger partial charge < -0.3 is 20.7 Å². The summed E-state index contributed by atoms with van der Waals surface area (Å²) in [7, 11) is 1.92. The molecule has 64 heavy (non-hydrogen) atoms. The second kappa shape index (κ2) is 22.1. The number of hydrogen-bond donors (Lipinski definition) is 3. The van der Waals surface area contributed by atoms with Gasteiger partial charge in [-0.1, -0.05) is 119 Å². The molecule has 0 bridgehead atoms. The molecule has 4 aromatic rings. The van der Waals surface area contributed by atoms with Crippen molar-refractivity contribution in [2.45, 2.75) is 109 Å². The maximum absolute atomic E-state index is 14.2. The summed E-state index contributed by atoms with van der Waals surface area (Å²) in [5.74, 6) is -3.26. The number of fused-ring (bicyclic) bond motifs is 1. The Morgan fingerprint density at radius 1 is 0.859 bits per heavy atom. The summed E-state index contributed by atoms with van der Waals surface area (Å²) < 4.78 is 5.62. The Hall–Kier alpha value is -5.99. The van der Waals surface area contributed by atoms with Crippen molar-refractivity contribution < 1.29 is 33.5 Å².